The van der Waals surface area contributed by atoms with Crippen molar-refractivity contribution in [3.05, 3.63) is 0 Å². The average Bonchev–Trinajstić information content (AvgIpc) is 1.46. The van der Waals surface area contributed by atoms with Crippen LogP contribution >= 0.6 is 0 Å². The van der Waals surface area contributed by atoms with Crippen LogP contribution in [-0.4, -0.2) is 20.2 Å². The molecule has 0 fully saturated rings. The van der Waals surface area contributed by atoms with Gasteiger partial charge in [-0.05, 0) is 0 Å². The quantitative estimate of drug-likeness (QED) is 0.321. The van der Waals surface area contributed by atoms with Crippen molar-refractivity contribution in [2.75, 3.05) is 0 Å². The Hall–Kier alpha value is 2.35. The summed E-state index contributed by atoms with van der Waals surface area (Å²) in [7, 11) is 1.56. The van der Waals surface area contributed by atoms with Gasteiger partial charge in [0, 0.05) is 0 Å². The van der Waals surface area contributed by atoms with Gasteiger partial charge >= 0.3 is 59.1 Å². The van der Waals surface area contributed by atoms with Gasteiger partial charge in [-0.2, -0.15) is 0 Å². The molecular formula is CH3Na2O2Si2. The Balaban J connectivity index is -0.0000000105. The molecule has 0 rings (SSSR count). The zero-order valence-electron chi connectivity index (χ0n) is 4.82. The molecule has 0 heterocycles. The SMILES string of the molecule is C[Si][O-].[Na+].[Na+].[O-][Si]. The minimum Gasteiger partial charge on any atom is -0.866 e. The first-order chi connectivity index (χ1) is 2.41. The fraction of sp³-hybridized carbons (Fsp3) is 1.00. The summed E-state index contributed by atoms with van der Waals surface area (Å²) in [4.78, 5) is 17.0. The summed E-state index contributed by atoms with van der Waals surface area (Å²) in [6, 6.07) is 0. The van der Waals surface area contributed by atoms with Crippen molar-refractivity contribution in [1.82, 2.24) is 0 Å². The molecule has 0 aromatic heterocycles. The van der Waals surface area contributed by atoms with E-state index < -0.39 is 0 Å². The molecule has 0 unspecified atom stereocenters. The minimum absolute atomic E-state index is 0. The summed E-state index contributed by atoms with van der Waals surface area (Å²) in [5.74, 6) is 0. The van der Waals surface area contributed by atoms with Crippen LogP contribution in [0.2, 0.25) is 6.55 Å². The number of rotatable bonds is 0. The molecular weight excluding hydrogens is 146 g/mol. The monoisotopic (exact) mass is 149 g/mol. The Labute approximate surface area is 94.2 Å². The Morgan fingerprint density at radius 2 is 1.29 bits per heavy atom. The third-order valence-corrected chi connectivity index (χ3v) is 0. The molecule has 2 nitrogen and oxygen atoms in total. The van der Waals surface area contributed by atoms with Gasteiger partial charge in [0.2, 0.25) is 0 Å². The van der Waals surface area contributed by atoms with E-state index in [9.17, 15) is 0 Å². The van der Waals surface area contributed by atoms with Crippen molar-refractivity contribution in [3.8, 4) is 0 Å². The molecule has 0 aromatic rings. The minimum atomic E-state index is -0.167. The molecule has 0 atom stereocenters. The topological polar surface area (TPSA) is 46.1 Å². The largest absolute Gasteiger partial charge is 1.00 e. The van der Waals surface area contributed by atoms with Gasteiger partial charge in [0.05, 0.1) is 0 Å². The molecule has 0 saturated carbocycles. The van der Waals surface area contributed by atoms with E-state index in [0.717, 1.165) is 0 Å². The molecule has 0 aliphatic rings. The third-order valence-electron chi connectivity index (χ3n) is 0. The van der Waals surface area contributed by atoms with Gasteiger partial charge < -0.3 is 9.59 Å². The summed E-state index contributed by atoms with van der Waals surface area (Å²) in [5.41, 5.74) is 0. The molecule has 0 spiro atoms. The van der Waals surface area contributed by atoms with E-state index in [-0.39, 0.29) is 68.9 Å². The normalized spacial score (nSPS) is 3.43. The first kappa shape index (κ1) is 22.8. The summed E-state index contributed by atoms with van der Waals surface area (Å²) in [5, 5.41) is 0. The number of hydrogen-bond acceptors (Lipinski definition) is 2. The molecule has 6 heteroatoms. The summed E-state index contributed by atoms with van der Waals surface area (Å²) in [6.45, 7) is 1.60. The molecule has 0 saturated heterocycles. The molecule has 0 aliphatic heterocycles. The average molecular weight is 149 g/mol. The smallest absolute Gasteiger partial charge is 0.866 e. The van der Waals surface area contributed by atoms with Gasteiger partial charge in [-0.1, -0.05) is 16.3 Å². The van der Waals surface area contributed by atoms with Gasteiger partial charge in [-0.25, -0.2) is 0 Å². The van der Waals surface area contributed by atoms with Crippen molar-refractivity contribution in [3.63, 3.8) is 0 Å². The van der Waals surface area contributed by atoms with Crippen molar-refractivity contribution >= 4 is 20.2 Å². The van der Waals surface area contributed by atoms with E-state index in [0.29, 0.717) is 0 Å². The van der Waals surface area contributed by atoms with Crippen molar-refractivity contribution in [2.24, 2.45) is 0 Å². The number of hydrogen-bond donors (Lipinski definition) is 0. The molecule has 0 aromatic carbocycles. The molecule has 0 bridgehead atoms. The van der Waals surface area contributed by atoms with E-state index in [2.05, 4.69) is 0 Å². The molecule has 0 amide bonds. The Kier molecular flexibility index (Phi) is 131. The van der Waals surface area contributed by atoms with E-state index in [1.807, 2.05) is 0 Å². The van der Waals surface area contributed by atoms with Crippen LogP contribution in [0.1, 0.15) is 0 Å². The zero-order valence-corrected chi connectivity index (χ0v) is 10.8. The Morgan fingerprint density at radius 1 is 1.29 bits per heavy atom. The van der Waals surface area contributed by atoms with Crippen LogP contribution in [0.3, 0.4) is 0 Å². The third kappa shape index (κ3) is 60.9. The molecule has 0 aliphatic carbocycles. The maximum absolute atomic E-state index is 8.96. The van der Waals surface area contributed by atoms with Crippen LogP contribution in [0.5, 0.6) is 0 Å². The van der Waals surface area contributed by atoms with Crippen LogP contribution < -0.4 is 68.7 Å². The molecule has 0 N–H and O–H groups in total. The van der Waals surface area contributed by atoms with Crippen LogP contribution in [0.25, 0.3) is 0 Å². The summed E-state index contributed by atoms with van der Waals surface area (Å²) < 4.78 is 0. The maximum atomic E-state index is 8.96. The Bertz CT molecular complexity index is 13.7. The maximum Gasteiger partial charge on any atom is 1.00 e. The van der Waals surface area contributed by atoms with E-state index in [4.69, 9.17) is 9.59 Å². The standard InChI is InChI=1S/CH3OSi.2Na.OSi/c1-3-2;;;1-2/h1H3;;;/q-1;2*+1;-1. The van der Waals surface area contributed by atoms with Gasteiger partial charge in [-0.15, -0.1) is 10.5 Å². The fourth-order valence-electron chi connectivity index (χ4n) is 0. The summed E-state index contributed by atoms with van der Waals surface area (Å²) in [6.07, 6.45) is 0. The molecule has 29 valence electrons. The zero-order chi connectivity index (χ0) is 4.71. The van der Waals surface area contributed by atoms with Crippen molar-refractivity contribution < 1.29 is 68.7 Å². The predicted molar refractivity (Wildman–Crippen MR) is 17.4 cm³/mol. The van der Waals surface area contributed by atoms with Crippen molar-refractivity contribution in [2.45, 2.75) is 6.55 Å². The van der Waals surface area contributed by atoms with E-state index >= 15 is 0 Å². The van der Waals surface area contributed by atoms with Crippen LogP contribution in [0.4, 0.5) is 0 Å². The second-order valence-electron chi connectivity index (χ2n) is 0.204. The fourth-order valence-corrected chi connectivity index (χ4v) is 0. The van der Waals surface area contributed by atoms with Crippen LogP contribution in [0.15, 0.2) is 0 Å². The van der Waals surface area contributed by atoms with Gasteiger partial charge in [0.25, 0.3) is 0 Å². The second kappa shape index (κ2) is 40.2. The molecule has 7 heavy (non-hydrogen) atoms. The van der Waals surface area contributed by atoms with Gasteiger partial charge in [-0.3, -0.25) is 0 Å². The second-order valence-corrected chi connectivity index (χ2v) is 0.612. The van der Waals surface area contributed by atoms with Crippen LogP contribution in [0, 0.1) is 0 Å². The van der Waals surface area contributed by atoms with Gasteiger partial charge in [0.1, 0.15) is 0 Å². The summed E-state index contributed by atoms with van der Waals surface area (Å²) >= 11 is 0. The molecule has 5 radical (unpaired) electrons. The van der Waals surface area contributed by atoms with E-state index in [1.54, 1.807) is 17.0 Å². The Morgan fingerprint density at radius 3 is 1.29 bits per heavy atom. The first-order valence-corrected chi connectivity index (χ1v) is 2.72. The van der Waals surface area contributed by atoms with E-state index in [1.165, 1.54) is 0 Å². The van der Waals surface area contributed by atoms with Gasteiger partial charge in [0.15, 0.2) is 0 Å². The predicted octanol–water partition coefficient (Wildman–Crippen LogP) is -8.55. The first-order valence-electron chi connectivity index (χ1n) is 0.908. The van der Waals surface area contributed by atoms with Crippen LogP contribution in [-0.2, 0) is 0 Å². The van der Waals surface area contributed by atoms with Crippen molar-refractivity contribution in [1.29, 1.82) is 0 Å².